The molecule has 0 bridgehead atoms. The monoisotopic (exact) mass is 263 g/mol. The summed E-state index contributed by atoms with van der Waals surface area (Å²) in [6.45, 7) is 4.29. The normalized spacial score (nSPS) is 17.0. The molecule has 1 aliphatic rings. The fraction of sp³-hybridized carbons (Fsp3) is 0.818. The number of rotatable bonds is 5. The summed E-state index contributed by atoms with van der Waals surface area (Å²) in [7, 11) is 0. The summed E-state index contributed by atoms with van der Waals surface area (Å²) >= 11 is 0. The van der Waals surface area contributed by atoms with Crippen LogP contribution in [-0.2, 0) is 9.59 Å². The summed E-state index contributed by atoms with van der Waals surface area (Å²) in [5, 5.41) is 2.75. The number of carbonyl (C=O) groups excluding carboxylic acids is 2. The number of piperazine rings is 1. The molecule has 5 nitrogen and oxygen atoms in total. The zero-order chi connectivity index (χ0) is 13.5. The van der Waals surface area contributed by atoms with Crippen molar-refractivity contribution in [2.45, 2.75) is 19.8 Å². The Morgan fingerprint density at radius 1 is 1.22 bits per heavy atom. The summed E-state index contributed by atoms with van der Waals surface area (Å²) in [5.41, 5.74) is 0. The molecule has 0 aromatic rings. The minimum atomic E-state index is -2.94. The molecule has 0 saturated carbocycles. The third-order valence-electron chi connectivity index (χ3n) is 2.81. The lowest BCUT2D eigenvalue weighted by atomic mass is 10.3. The van der Waals surface area contributed by atoms with Crippen LogP contribution in [-0.4, -0.2) is 67.3 Å². The van der Waals surface area contributed by atoms with E-state index in [0.29, 0.717) is 19.6 Å². The molecule has 1 heterocycles. The van der Waals surface area contributed by atoms with Crippen LogP contribution >= 0.6 is 0 Å². The number of halogens is 2. The van der Waals surface area contributed by atoms with Gasteiger partial charge in [-0.15, -0.1) is 0 Å². The van der Waals surface area contributed by atoms with E-state index >= 15 is 0 Å². The second kappa shape index (κ2) is 7.25. The molecule has 104 valence electrons. The van der Waals surface area contributed by atoms with Crippen LogP contribution in [0.5, 0.6) is 0 Å². The summed E-state index contributed by atoms with van der Waals surface area (Å²) < 4.78 is 24.4. The Morgan fingerprint density at radius 2 is 1.83 bits per heavy atom. The summed E-state index contributed by atoms with van der Waals surface area (Å²) in [6.07, 6.45) is -2.06. The molecule has 0 radical (unpaired) electrons. The fourth-order valence-corrected chi connectivity index (χ4v) is 1.79. The second-order valence-corrected chi connectivity index (χ2v) is 4.25. The van der Waals surface area contributed by atoms with Gasteiger partial charge in [-0.2, -0.15) is 8.78 Å². The van der Waals surface area contributed by atoms with Gasteiger partial charge < -0.3 is 10.2 Å². The first-order chi connectivity index (χ1) is 8.54. The molecular formula is C11H19F2N3O2. The van der Waals surface area contributed by atoms with Crippen molar-refractivity contribution in [2.75, 3.05) is 39.3 Å². The maximum Gasteiger partial charge on any atom is 0.315 e. The van der Waals surface area contributed by atoms with Gasteiger partial charge in [0.05, 0.1) is 6.54 Å². The number of hydrogen-bond donors (Lipinski definition) is 1. The first kappa shape index (κ1) is 14.8. The highest BCUT2D eigenvalue weighted by Gasteiger charge is 2.27. The molecule has 0 aromatic heterocycles. The smallest absolute Gasteiger partial charge is 0.315 e. The lowest BCUT2D eigenvalue weighted by Gasteiger charge is -2.34. The van der Waals surface area contributed by atoms with Crippen LogP contribution < -0.4 is 5.32 Å². The number of carbonyl (C=O) groups is 2. The van der Waals surface area contributed by atoms with Gasteiger partial charge in [-0.1, -0.05) is 6.92 Å². The third kappa shape index (κ3) is 4.56. The molecule has 1 saturated heterocycles. The molecule has 0 aromatic carbocycles. The van der Waals surface area contributed by atoms with Crippen LogP contribution in [0.1, 0.15) is 13.3 Å². The average Bonchev–Trinajstić information content (AvgIpc) is 2.36. The zero-order valence-electron chi connectivity index (χ0n) is 10.5. The quantitative estimate of drug-likeness (QED) is 0.755. The van der Waals surface area contributed by atoms with Crippen molar-refractivity contribution in [1.29, 1.82) is 0 Å². The van der Waals surface area contributed by atoms with Crippen molar-refractivity contribution in [3.63, 3.8) is 0 Å². The Hall–Kier alpha value is -1.24. The van der Waals surface area contributed by atoms with E-state index in [1.807, 2.05) is 11.8 Å². The van der Waals surface area contributed by atoms with E-state index in [1.165, 1.54) is 0 Å². The van der Waals surface area contributed by atoms with E-state index in [1.54, 1.807) is 0 Å². The van der Waals surface area contributed by atoms with Crippen LogP contribution in [0.25, 0.3) is 0 Å². The van der Waals surface area contributed by atoms with Crippen molar-refractivity contribution in [2.24, 2.45) is 0 Å². The first-order valence-corrected chi connectivity index (χ1v) is 6.10. The fourth-order valence-electron chi connectivity index (χ4n) is 1.79. The Kier molecular flexibility index (Phi) is 5.97. The predicted molar refractivity (Wildman–Crippen MR) is 62.3 cm³/mol. The van der Waals surface area contributed by atoms with Gasteiger partial charge >= 0.3 is 6.43 Å². The molecule has 1 fully saturated rings. The SMILES string of the molecule is CCCNC(=O)CN1CCN(C(=O)C(F)F)CC1. The van der Waals surface area contributed by atoms with Crippen LogP contribution in [0, 0.1) is 0 Å². The number of alkyl halides is 2. The first-order valence-electron chi connectivity index (χ1n) is 6.10. The highest BCUT2D eigenvalue weighted by Crippen LogP contribution is 2.06. The summed E-state index contributed by atoms with van der Waals surface area (Å²) in [6, 6.07) is 0. The van der Waals surface area contributed by atoms with Gasteiger partial charge in [0.25, 0.3) is 5.91 Å². The number of nitrogens with one attached hydrogen (secondary N) is 1. The summed E-state index contributed by atoms with van der Waals surface area (Å²) in [5.74, 6) is -1.18. The third-order valence-corrected chi connectivity index (χ3v) is 2.81. The molecule has 1 N–H and O–H groups in total. The molecule has 7 heteroatoms. The Morgan fingerprint density at radius 3 is 2.33 bits per heavy atom. The highest BCUT2D eigenvalue weighted by atomic mass is 19.3. The van der Waals surface area contributed by atoms with Gasteiger partial charge in [0.2, 0.25) is 5.91 Å². The van der Waals surface area contributed by atoms with Crippen molar-refractivity contribution >= 4 is 11.8 Å². The Bertz CT molecular complexity index is 292. The molecule has 2 amide bonds. The van der Waals surface area contributed by atoms with E-state index in [4.69, 9.17) is 0 Å². The van der Waals surface area contributed by atoms with Crippen molar-refractivity contribution < 1.29 is 18.4 Å². The van der Waals surface area contributed by atoms with Gasteiger partial charge in [0.1, 0.15) is 0 Å². The van der Waals surface area contributed by atoms with Gasteiger partial charge in [-0.3, -0.25) is 14.5 Å². The van der Waals surface area contributed by atoms with Crippen molar-refractivity contribution in [3.05, 3.63) is 0 Å². The molecule has 0 spiro atoms. The zero-order valence-corrected chi connectivity index (χ0v) is 10.5. The van der Waals surface area contributed by atoms with E-state index in [2.05, 4.69) is 5.32 Å². The van der Waals surface area contributed by atoms with Crippen LogP contribution in [0.15, 0.2) is 0 Å². The molecule has 0 aliphatic carbocycles. The average molecular weight is 263 g/mol. The number of hydrogen-bond acceptors (Lipinski definition) is 3. The predicted octanol–water partition coefficient (Wildman–Crippen LogP) is -0.0781. The van der Waals surface area contributed by atoms with E-state index in [0.717, 1.165) is 11.3 Å². The standard InChI is InChI=1S/C11H19F2N3O2/c1-2-3-14-9(17)8-15-4-6-16(7-5-15)11(18)10(12)13/h10H,2-8H2,1H3,(H,14,17). The molecule has 1 aliphatic heterocycles. The van der Waals surface area contributed by atoms with Crippen molar-refractivity contribution in [1.82, 2.24) is 15.1 Å². The lowest BCUT2D eigenvalue weighted by molar-refractivity contribution is -0.144. The largest absolute Gasteiger partial charge is 0.355 e. The Labute approximate surface area is 105 Å². The van der Waals surface area contributed by atoms with E-state index in [9.17, 15) is 18.4 Å². The second-order valence-electron chi connectivity index (χ2n) is 4.25. The minimum absolute atomic E-state index is 0.0644. The van der Waals surface area contributed by atoms with Crippen molar-refractivity contribution in [3.8, 4) is 0 Å². The highest BCUT2D eigenvalue weighted by molar-refractivity contribution is 5.79. The molecule has 1 rings (SSSR count). The molecule has 18 heavy (non-hydrogen) atoms. The molecule has 0 atom stereocenters. The molecule has 0 unspecified atom stereocenters. The maximum atomic E-state index is 12.2. The Balaban J connectivity index is 2.27. The van der Waals surface area contributed by atoms with Crippen LogP contribution in [0.2, 0.25) is 0 Å². The number of amides is 2. The van der Waals surface area contributed by atoms with Gasteiger partial charge in [0, 0.05) is 32.7 Å². The van der Waals surface area contributed by atoms with Crippen LogP contribution in [0.3, 0.4) is 0 Å². The van der Waals surface area contributed by atoms with E-state index < -0.39 is 12.3 Å². The van der Waals surface area contributed by atoms with Gasteiger partial charge in [-0.05, 0) is 6.42 Å². The van der Waals surface area contributed by atoms with Gasteiger partial charge in [-0.25, -0.2) is 0 Å². The maximum absolute atomic E-state index is 12.2. The van der Waals surface area contributed by atoms with Gasteiger partial charge in [0.15, 0.2) is 0 Å². The molecular weight excluding hydrogens is 244 g/mol. The van der Waals surface area contributed by atoms with Crippen LogP contribution in [0.4, 0.5) is 8.78 Å². The topological polar surface area (TPSA) is 52.7 Å². The van der Waals surface area contributed by atoms with E-state index in [-0.39, 0.29) is 25.5 Å². The lowest BCUT2D eigenvalue weighted by Crippen LogP contribution is -2.52. The minimum Gasteiger partial charge on any atom is -0.355 e. The number of nitrogens with zero attached hydrogens (tertiary/aromatic N) is 2. The summed E-state index contributed by atoms with van der Waals surface area (Å²) in [4.78, 5) is 25.5.